The van der Waals surface area contributed by atoms with Gasteiger partial charge in [-0.05, 0) is 49.9 Å². The Bertz CT molecular complexity index is 927. The number of benzene rings is 1. The Morgan fingerprint density at radius 2 is 1.81 bits per heavy atom. The molecule has 1 aliphatic carbocycles. The maximum absolute atomic E-state index is 12.7. The summed E-state index contributed by atoms with van der Waals surface area (Å²) in [5, 5.41) is 8.65. The van der Waals surface area contributed by atoms with Gasteiger partial charge in [0.2, 0.25) is 11.8 Å². The Kier molecular flexibility index (Phi) is 8.00. The highest BCUT2D eigenvalue weighted by Gasteiger charge is 2.22. The Morgan fingerprint density at radius 1 is 1.06 bits per heavy atom. The summed E-state index contributed by atoms with van der Waals surface area (Å²) in [6.45, 7) is 1.63. The molecule has 1 unspecified atom stereocenters. The molecule has 1 heterocycles. The molecule has 8 heteroatoms. The molecule has 7 nitrogen and oxygen atoms in total. The Hall–Kier alpha value is -2.93. The second-order valence-electron chi connectivity index (χ2n) is 7.85. The lowest BCUT2D eigenvalue weighted by Crippen LogP contribution is -2.42. The van der Waals surface area contributed by atoms with Crippen molar-refractivity contribution in [2.75, 3.05) is 10.6 Å². The average molecular weight is 443 g/mol. The number of hydrogen-bond donors (Lipinski definition) is 3. The molecular formula is C23H27ClN4O3. The van der Waals surface area contributed by atoms with Gasteiger partial charge in [0.1, 0.15) is 11.9 Å². The number of carbonyl (C=O) groups excluding carboxylic acids is 3. The molecule has 164 valence electrons. The van der Waals surface area contributed by atoms with E-state index >= 15 is 0 Å². The van der Waals surface area contributed by atoms with Crippen LogP contribution in [0.25, 0.3) is 0 Å². The van der Waals surface area contributed by atoms with Crippen LogP contribution in [0, 0.1) is 5.92 Å². The van der Waals surface area contributed by atoms with Crippen LogP contribution in [0.3, 0.4) is 0 Å². The van der Waals surface area contributed by atoms with Gasteiger partial charge in [-0.3, -0.25) is 14.4 Å². The lowest BCUT2D eigenvalue weighted by atomic mass is 9.87. The van der Waals surface area contributed by atoms with Crippen LogP contribution in [0.5, 0.6) is 0 Å². The molecule has 3 rings (SSSR count). The number of pyridine rings is 1. The van der Waals surface area contributed by atoms with Crippen LogP contribution in [0.15, 0.2) is 42.6 Å². The first kappa shape index (κ1) is 22.7. The number of rotatable bonds is 7. The summed E-state index contributed by atoms with van der Waals surface area (Å²) in [4.78, 5) is 41.6. The molecule has 3 amide bonds. The summed E-state index contributed by atoms with van der Waals surface area (Å²) in [7, 11) is 0. The van der Waals surface area contributed by atoms with Gasteiger partial charge in [0.15, 0.2) is 0 Å². The second-order valence-corrected chi connectivity index (χ2v) is 8.28. The monoisotopic (exact) mass is 442 g/mol. The van der Waals surface area contributed by atoms with Gasteiger partial charge in [-0.15, -0.1) is 0 Å². The zero-order valence-electron chi connectivity index (χ0n) is 17.5. The summed E-state index contributed by atoms with van der Waals surface area (Å²) < 4.78 is 0. The van der Waals surface area contributed by atoms with E-state index in [1.165, 1.54) is 25.5 Å². The summed E-state index contributed by atoms with van der Waals surface area (Å²) in [5.41, 5.74) is 0.640. The Labute approximate surface area is 187 Å². The highest BCUT2D eigenvalue weighted by atomic mass is 35.5. The van der Waals surface area contributed by atoms with E-state index in [2.05, 4.69) is 20.9 Å². The summed E-state index contributed by atoms with van der Waals surface area (Å²) in [6.07, 6.45) is 7.58. The molecule has 3 N–H and O–H groups in total. The number of para-hydroxylation sites is 1. The summed E-state index contributed by atoms with van der Waals surface area (Å²) in [5.74, 6) is -0.176. The topological polar surface area (TPSA) is 100 Å². The fraction of sp³-hybridized carbons (Fsp3) is 0.391. The van der Waals surface area contributed by atoms with Gasteiger partial charge in [-0.2, -0.15) is 0 Å². The van der Waals surface area contributed by atoms with E-state index in [1.54, 1.807) is 43.3 Å². The smallest absolute Gasteiger partial charge is 0.258 e. The quantitative estimate of drug-likeness (QED) is 0.591. The highest BCUT2D eigenvalue weighted by Crippen LogP contribution is 2.26. The van der Waals surface area contributed by atoms with E-state index < -0.39 is 11.9 Å². The maximum atomic E-state index is 12.7. The number of halogens is 1. The van der Waals surface area contributed by atoms with E-state index in [0.717, 1.165) is 12.8 Å². The molecule has 1 saturated carbocycles. The maximum Gasteiger partial charge on any atom is 0.258 e. The lowest BCUT2D eigenvalue weighted by Gasteiger charge is -2.22. The number of aromatic nitrogens is 1. The van der Waals surface area contributed by atoms with E-state index in [0.29, 0.717) is 28.9 Å². The van der Waals surface area contributed by atoms with Gasteiger partial charge < -0.3 is 16.0 Å². The van der Waals surface area contributed by atoms with E-state index in [-0.39, 0.29) is 17.4 Å². The molecule has 2 aromatic rings. The molecule has 0 spiro atoms. The molecule has 0 bridgehead atoms. The normalized spacial score (nSPS) is 15.0. The minimum Gasteiger partial charge on any atom is -0.345 e. The first-order valence-electron chi connectivity index (χ1n) is 10.5. The largest absolute Gasteiger partial charge is 0.345 e. The first-order chi connectivity index (χ1) is 14.9. The third-order valence-electron chi connectivity index (χ3n) is 5.37. The summed E-state index contributed by atoms with van der Waals surface area (Å²) >= 11 is 5.82. The zero-order valence-corrected chi connectivity index (χ0v) is 18.2. The minimum absolute atomic E-state index is 0.116. The number of nitrogens with one attached hydrogen (secondary N) is 3. The standard InChI is InChI=1S/C23H27ClN4O3/c1-15(26-21(29)13-16-7-3-2-4-8-16)22(30)27-19-10-6-5-9-18(19)23(31)28-20-12-11-17(24)14-25-20/h5-6,9-12,14-16H,2-4,7-8,13H2,1H3,(H,26,29)(H,27,30)(H,25,28,31). The van der Waals surface area contributed by atoms with Gasteiger partial charge in [-0.25, -0.2) is 4.98 Å². The third kappa shape index (κ3) is 6.79. The van der Waals surface area contributed by atoms with Crippen molar-refractivity contribution in [2.45, 2.75) is 51.5 Å². The van der Waals surface area contributed by atoms with Gasteiger partial charge in [0.05, 0.1) is 16.3 Å². The van der Waals surface area contributed by atoms with Gasteiger partial charge in [-0.1, -0.05) is 43.0 Å². The first-order valence-corrected chi connectivity index (χ1v) is 10.9. The van der Waals surface area contributed by atoms with Crippen LogP contribution in [0.4, 0.5) is 11.5 Å². The lowest BCUT2D eigenvalue weighted by molar-refractivity contribution is -0.127. The van der Waals surface area contributed by atoms with Crippen LogP contribution in [-0.4, -0.2) is 28.7 Å². The van der Waals surface area contributed by atoms with Crippen LogP contribution in [0.2, 0.25) is 5.02 Å². The predicted octanol–water partition coefficient (Wildman–Crippen LogP) is 4.40. The van der Waals surface area contributed by atoms with Gasteiger partial charge in [0.25, 0.3) is 5.91 Å². The molecule has 0 aliphatic heterocycles. The molecule has 1 aromatic carbocycles. The predicted molar refractivity (Wildman–Crippen MR) is 121 cm³/mol. The average Bonchev–Trinajstić information content (AvgIpc) is 2.76. The Balaban J connectivity index is 1.58. The summed E-state index contributed by atoms with van der Waals surface area (Å²) in [6, 6.07) is 9.16. The number of nitrogens with zero attached hydrogens (tertiary/aromatic N) is 1. The molecule has 0 radical (unpaired) electrons. The van der Waals surface area contributed by atoms with Crippen LogP contribution < -0.4 is 16.0 Å². The molecular weight excluding hydrogens is 416 g/mol. The number of carbonyl (C=O) groups is 3. The molecule has 0 saturated heterocycles. The van der Waals surface area contributed by atoms with Crippen LogP contribution in [-0.2, 0) is 9.59 Å². The van der Waals surface area contributed by atoms with Gasteiger partial charge >= 0.3 is 0 Å². The minimum atomic E-state index is -0.717. The molecule has 1 aromatic heterocycles. The van der Waals surface area contributed by atoms with E-state index in [1.807, 2.05) is 0 Å². The van der Waals surface area contributed by atoms with E-state index in [9.17, 15) is 14.4 Å². The zero-order chi connectivity index (χ0) is 22.2. The van der Waals surface area contributed by atoms with Crippen LogP contribution >= 0.6 is 11.6 Å². The molecule has 1 fully saturated rings. The molecule has 1 aliphatic rings. The van der Waals surface area contributed by atoms with Crippen LogP contribution in [0.1, 0.15) is 55.8 Å². The molecule has 31 heavy (non-hydrogen) atoms. The van der Waals surface area contributed by atoms with Crippen molar-refractivity contribution in [1.29, 1.82) is 0 Å². The third-order valence-corrected chi connectivity index (χ3v) is 5.59. The van der Waals surface area contributed by atoms with Crippen molar-refractivity contribution in [3.05, 3.63) is 53.2 Å². The SMILES string of the molecule is CC(NC(=O)CC1CCCCC1)C(=O)Nc1ccccc1C(=O)Nc1ccc(Cl)cn1. The van der Waals surface area contributed by atoms with Crippen molar-refractivity contribution in [3.63, 3.8) is 0 Å². The fourth-order valence-electron chi connectivity index (χ4n) is 3.68. The van der Waals surface area contributed by atoms with Crippen molar-refractivity contribution < 1.29 is 14.4 Å². The fourth-order valence-corrected chi connectivity index (χ4v) is 3.80. The van der Waals surface area contributed by atoms with Crippen molar-refractivity contribution >= 4 is 40.8 Å². The number of amides is 3. The Morgan fingerprint density at radius 3 is 2.52 bits per heavy atom. The number of hydrogen-bond acceptors (Lipinski definition) is 4. The highest BCUT2D eigenvalue weighted by molar-refractivity contribution is 6.30. The number of anilines is 2. The van der Waals surface area contributed by atoms with Crippen molar-refractivity contribution in [1.82, 2.24) is 10.3 Å². The molecule has 1 atom stereocenters. The van der Waals surface area contributed by atoms with E-state index in [4.69, 9.17) is 11.6 Å². The second kappa shape index (κ2) is 10.9. The van der Waals surface area contributed by atoms with Crippen molar-refractivity contribution in [2.24, 2.45) is 5.92 Å². The van der Waals surface area contributed by atoms with Gasteiger partial charge in [0, 0.05) is 12.6 Å². The van der Waals surface area contributed by atoms with Crippen molar-refractivity contribution in [3.8, 4) is 0 Å².